The largest absolute Gasteiger partial charge is 0.323 e. The van der Waals surface area contributed by atoms with Gasteiger partial charge in [0.2, 0.25) is 0 Å². The Morgan fingerprint density at radius 2 is 1.38 bits per heavy atom. The monoisotopic (exact) mass is 214 g/mol. The van der Waals surface area contributed by atoms with Crippen LogP contribution >= 0.6 is 0 Å². The van der Waals surface area contributed by atoms with E-state index in [9.17, 15) is 4.39 Å². The van der Waals surface area contributed by atoms with Crippen LogP contribution in [-0.4, -0.2) is 6.21 Å². The summed E-state index contributed by atoms with van der Waals surface area (Å²) in [5.41, 5.74) is 2.96. The molecule has 0 fully saturated rings. The van der Waals surface area contributed by atoms with E-state index in [0.717, 1.165) is 16.7 Å². The molecule has 80 valence electrons. The van der Waals surface area contributed by atoms with E-state index >= 15 is 0 Å². The Kier molecular flexibility index (Phi) is 2.96. The normalized spacial score (nSPS) is 10.8. The molecule has 2 nitrogen and oxygen atoms in total. The van der Waals surface area contributed by atoms with Crippen molar-refractivity contribution in [1.82, 2.24) is 0 Å². The second-order valence-corrected chi connectivity index (χ2v) is 3.41. The number of halogens is 1. The van der Waals surface area contributed by atoms with Crippen LogP contribution in [-0.2, 0) is 0 Å². The summed E-state index contributed by atoms with van der Waals surface area (Å²) in [7, 11) is 0. The molecule has 2 aromatic carbocycles. The number of benzene rings is 2. The van der Waals surface area contributed by atoms with Crippen molar-refractivity contribution in [2.24, 2.45) is 10.9 Å². The third-order valence-electron chi connectivity index (χ3n) is 2.31. The second kappa shape index (κ2) is 4.57. The molecule has 0 aliphatic carbocycles. The Bertz CT molecular complexity index is 486. The number of hydrogen-bond acceptors (Lipinski definition) is 2. The summed E-state index contributed by atoms with van der Waals surface area (Å²) < 4.78 is 12.7. The Morgan fingerprint density at radius 3 is 1.88 bits per heavy atom. The van der Waals surface area contributed by atoms with E-state index in [1.165, 1.54) is 12.1 Å². The topological polar surface area (TPSA) is 38.4 Å². The zero-order chi connectivity index (χ0) is 11.4. The number of nitrogens with zero attached hydrogens (tertiary/aromatic N) is 1. The first kappa shape index (κ1) is 10.4. The second-order valence-electron chi connectivity index (χ2n) is 3.41. The lowest BCUT2D eigenvalue weighted by Gasteiger charge is -2.01. The van der Waals surface area contributed by atoms with Gasteiger partial charge in [0.1, 0.15) is 5.82 Å². The number of hydrazone groups is 1. The zero-order valence-corrected chi connectivity index (χ0v) is 8.60. The van der Waals surface area contributed by atoms with Gasteiger partial charge in [-0.05, 0) is 28.8 Å². The standard InChI is InChI=1S/C13H11FN2/c14-13-7-5-12(6-8-13)11-3-1-10(2-4-11)9-16-15/h1-9H,15H2. The minimum absolute atomic E-state index is 0.226. The highest BCUT2D eigenvalue weighted by molar-refractivity contribution is 5.80. The van der Waals surface area contributed by atoms with Gasteiger partial charge in [-0.15, -0.1) is 0 Å². The lowest BCUT2D eigenvalue weighted by Crippen LogP contribution is -1.86. The highest BCUT2D eigenvalue weighted by Gasteiger charge is 1.97. The third kappa shape index (κ3) is 2.25. The molecule has 2 aromatic rings. The minimum Gasteiger partial charge on any atom is -0.323 e. The summed E-state index contributed by atoms with van der Waals surface area (Å²) in [6, 6.07) is 14.1. The Hall–Kier alpha value is -2.16. The van der Waals surface area contributed by atoms with Gasteiger partial charge in [0.15, 0.2) is 0 Å². The maximum Gasteiger partial charge on any atom is 0.123 e. The van der Waals surface area contributed by atoms with Crippen LogP contribution in [0.15, 0.2) is 53.6 Å². The first-order valence-electron chi connectivity index (χ1n) is 4.89. The van der Waals surface area contributed by atoms with Gasteiger partial charge in [0.05, 0.1) is 6.21 Å². The van der Waals surface area contributed by atoms with Crippen molar-refractivity contribution in [2.75, 3.05) is 0 Å². The van der Waals surface area contributed by atoms with Gasteiger partial charge >= 0.3 is 0 Å². The predicted molar refractivity (Wildman–Crippen MR) is 63.6 cm³/mol. The van der Waals surface area contributed by atoms with Crippen LogP contribution in [0.2, 0.25) is 0 Å². The van der Waals surface area contributed by atoms with Crippen molar-refractivity contribution < 1.29 is 4.39 Å². The van der Waals surface area contributed by atoms with Gasteiger partial charge in [0, 0.05) is 0 Å². The van der Waals surface area contributed by atoms with Gasteiger partial charge in [-0.1, -0.05) is 36.4 Å². The van der Waals surface area contributed by atoms with Gasteiger partial charge in [-0.25, -0.2) is 4.39 Å². The van der Waals surface area contributed by atoms with Crippen molar-refractivity contribution in [3.05, 3.63) is 59.9 Å². The molecule has 0 atom stereocenters. The van der Waals surface area contributed by atoms with Crippen molar-refractivity contribution in [1.29, 1.82) is 0 Å². The van der Waals surface area contributed by atoms with Gasteiger partial charge in [-0.3, -0.25) is 0 Å². The third-order valence-corrected chi connectivity index (χ3v) is 2.31. The molecule has 0 heterocycles. The molecule has 0 saturated carbocycles. The quantitative estimate of drug-likeness (QED) is 0.466. The van der Waals surface area contributed by atoms with E-state index in [0.29, 0.717) is 0 Å². The molecule has 0 bridgehead atoms. The molecule has 0 radical (unpaired) electrons. The van der Waals surface area contributed by atoms with E-state index in [2.05, 4.69) is 5.10 Å². The number of nitrogens with two attached hydrogens (primary N) is 1. The lowest BCUT2D eigenvalue weighted by molar-refractivity contribution is 0.628. The molecule has 16 heavy (non-hydrogen) atoms. The maximum atomic E-state index is 12.7. The molecule has 0 aliphatic rings. The minimum atomic E-state index is -0.226. The summed E-state index contributed by atoms with van der Waals surface area (Å²) >= 11 is 0. The lowest BCUT2D eigenvalue weighted by atomic mass is 10.0. The summed E-state index contributed by atoms with van der Waals surface area (Å²) in [6.07, 6.45) is 1.58. The van der Waals surface area contributed by atoms with Crippen molar-refractivity contribution in [3.63, 3.8) is 0 Å². The van der Waals surface area contributed by atoms with Crippen molar-refractivity contribution in [3.8, 4) is 11.1 Å². The fourth-order valence-electron chi connectivity index (χ4n) is 1.49. The molecule has 0 amide bonds. The van der Waals surface area contributed by atoms with Crippen LogP contribution in [0.5, 0.6) is 0 Å². The number of hydrogen-bond donors (Lipinski definition) is 1. The van der Waals surface area contributed by atoms with Crippen LogP contribution in [0.25, 0.3) is 11.1 Å². The first-order chi connectivity index (χ1) is 7.79. The van der Waals surface area contributed by atoms with E-state index in [-0.39, 0.29) is 5.82 Å². The molecular weight excluding hydrogens is 203 g/mol. The molecule has 0 saturated heterocycles. The first-order valence-corrected chi connectivity index (χ1v) is 4.89. The Labute approximate surface area is 93.2 Å². The fraction of sp³-hybridized carbons (Fsp3) is 0. The molecule has 0 spiro atoms. The predicted octanol–water partition coefficient (Wildman–Crippen LogP) is 2.79. The van der Waals surface area contributed by atoms with E-state index in [1.807, 2.05) is 24.3 Å². The molecule has 2 rings (SSSR count). The van der Waals surface area contributed by atoms with Crippen molar-refractivity contribution >= 4 is 6.21 Å². The summed E-state index contributed by atoms with van der Waals surface area (Å²) in [6.45, 7) is 0. The van der Waals surface area contributed by atoms with E-state index in [4.69, 9.17) is 5.84 Å². The van der Waals surface area contributed by atoms with Gasteiger partial charge < -0.3 is 5.84 Å². The number of rotatable bonds is 2. The van der Waals surface area contributed by atoms with Crippen LogP contribution in [0, 0.1) is 5.82 Å². The highest BCUT2D eigenvalue weighted by Crippen LogP contribution is 2.19. The van der Waals surface area contributed by atoms with Gasteiger partial charge in [-0.2, -0.15) is 5.10 Å². The van der Waals surface area contributed by atoms with Crippen LogP contribution < -0.4 is 5.84 Å². The molecule has 0 aliphatic heterocycles. The average Bonchev–Trinajstić information content (AvgIpc) is 2.32. The Balaban J connectivity index is 2.31. The highest BCUT2D eigenvalue weighted by atomic mass is 19.1. The summed E-state index contributed by atoms with van der Waals surface area (Å²) in [5.74, 6) is 4.83. The van der Waals surface area contributed by atoms with Gasteiger partial charge in [0.25, 0.3) is 0 Å². The smallest absolute Gasteiger partial charge is 0.123 e. The summed E-state index contributed by atoms with van der Waals surface area (Å²) in [5, 5.41) is 3.45. The molecule has 0 unspecified atom stereocenters. The van der Waals surface area contributed by atoms with Crippen LogP contribution in [0.1, 0.15) is 5.56 Å². The molecule has 3 heteroatoms. The van der Waals surface area contributed by atoms with E-state index in [1.54, 1.807) is 18.3 Å². The Morgan fingerprint density at radius 1 is 0.875 bits per heavy atom. The van der Waals surface area contributed by atoms with Crippen LogP contribution in [0.4, 0.5) is 4.39 Å². The molecule has 2 N–H and O–H groups in total. The van der Waals surface area contributed by atoms with Crippen LogP contribution in [0.3, 0.4) is 0 Å². The molecule has 0 aromatic heterocycles. The van der Waals surface area contributed by atoms with Crippen molar-refractivity contribution in [2.45, 2.75) is 0 Å². The zero-order valence-electron chi connectivity index (χ0n) is 8.60. The maximum absolute atomic E-state index is 12.7. The SMILES string of the molecule is NN=Cc1ccc(-c2ccc(F)cc2)cc1. The van der Waals surface area contributed by atoms with E-state index < -0.39 is 0 Å². The average molecular weight is 214 g/mol. The summed E-state index contributed by atoms with van der Waals surface area (Å²) in [4.78, 5) is 0. The molecular formula is C13H11FN2. The fourth-order valence-corrected chi connectivity index (χ4v) is 1.49.